The Morgan fingerprint density at radius 1 is 1.33 bits per heavy atom. The Hall–Kier alpha value is -3.09. The number of aromatic amines is 1. The minimum absolute atomic E-state index is 0.0941. The minimum Gasteiger partial charge on any atom is -0.344 e. The zero-order valence-corrected chi connectivity index (χ0v) is 15.4. The van der Waals surface area contributed by atoms with Gasteiger partial charge < -0.3 is 5.32 Å². The number of nitrogens with one attached hydrogen (secondary N) is 2. The summed E-state index contributed by atoms with van der Waals surface area (Å²) < 4.78 is 0. The predicted molar refractivity (Wildman–Crippen MR) is 101 cm³/mol. The maximum atomic E-state index is 12.6. The average Bonchev–Trinajstić information content (AvgIpc) is 3.19. The van der Waals surface area contributed by atoms with Crippen molar-refractivity contribution in [1.29, 1.82) is 0 Å². The third kappa shape index (κ3) is 3.58. The van der Waals surface area contributed by atoms with E-state index in [-0.39, 0.29) is 11.9 Å². The molecule has 1 aliphatic rings. The zero-order chi connectivity index (χ0) is 18.8. The fraction of sp³-hybridized carbons (Fsp3) is 0.350. The summed E-state index contributed by atoms with van der Waals surface area (Å²) in [5.74, 6) is 0.795. The van der Waals surface area contributed by atoms with Crippen LogP contribution in [0.4, 0.5) is 0 Å². The number of carbonyl (C=O) groups excluding carboxylic acids is 1. The maximum Gasteiger partial charge on any atom is 0.272 e. The Kier molecular flexibility index (Phi) is 4.66. The second-order valence-electron chi connectivity index (χ2n) is 7.12. The number of amides is 1. The van der Waals surface area contributed by atoms with Gasteiger partial charge in [0.05, 0.1) is 6.04 Å². The number of aromatic nitrogens is 5. The van der Waals surface area contributed by atoms with Crippen LogP contribution in [0.25, 0.3) is 11.4 Å². The van der Waals surface area contributed by atoms with Crippen molar-refractivity contribution in [3.63, 3.8) is 0 Å². The first-order valence-corrected chi connectivity index (χ1v) is 9.24. The molecule has 0 spiro atoms. The molecule has 0 saturated carbocycles. The molecule has 27 heavy (non-hydrogen) atoms. The van der Waals surface area contributed by atoms with Gasteiger partial charge in [0.15, 0.2) is 5.82 Å². The molecule has 0 aromatic carbocycles. The average molecular weight is 362 g/mol. The van der Waals surface area contributed by atoms with Crippen molar-refractivity contribution in [3.8, 4) is 11.4 Å². The highest BCUT2D eigenvalue weighted by Crippen LogP contribution is 2.29. The van der Waals surface area contributed by atoms with Crippen molar-refractivity contribution in [1.82, 2.24) is 30.5 Å². The van der Waals surface area contributed by atoms with Gasteiger partial charge in [-0.1, -0.05) is 13.8 Å². The SMILES string of the molecule is CC(C)c1cc(C(=O)N[C@@H]2CCCc3nc(-c4cccnc4)ncc32)n[nH]1. The van der Waals surface area contributed by atoms with Gasteiger partial charge in [-0.2, -0.15) is 5.10 Å². The molecule has 3 aromatic rings. The van der Waals surface area contributed by atoms with Crippen molar-refractivity contribution in [2.45, 2.75) is 45.1 Å². The number of H-pyrrole nitrogens is 1. The van der Waals surface area contributed by atoms with Crippen molar-refractivity contribution in [3.05, 3.63) is 59.4 Å². The molecule has 0 aliphatic heterocycles. The van der Waals surface area contributed by atoms with Crippen LogP contribution in [0, 0.1) is 0 Å². The fourth-order valence-electron chi connectivity index (χ4n) is 3.31. The lowest BCUT2D eigenvalue weighted by molar-refractivity contribution is 0.0927. The van der Waals surface area contributed by atoms with Crippen molar-refractivity contribution in [2.24, 2.45) is 0 Å². The van der Waals surface area contributed by atoms with Gasteiger partial charge in [0, 0.05) is 41.1 Å². The van der Waals surface area contributed by atoms with Crippen LogP contribution in [0.3, 0.4) is 0 Å². The van der Waals surface area contributed by atoms with E-state index in [2.05, 4.69) is 39.3 Å². The van der Waals surface area contributed by atoms with E-state index in [4.69, 9.17) is 4.98 Å². The summed E-state index contributed by atoms with van der Waals surface area (Å²) in [7, 11) is 0. The first-order valence-electron chi connectivity index (χ1n) is 9.24. The summed E-state index contributed by atoms with van der Waals surface area (Å²) in [6.07, 6.45) is 8.05. The number of aryl methyl sites for hydroxylation is 1. The van der Waals surface area contributed by atoms with Gasteiger partial charge in [-0.3, -0.25) is 14.9 Å². The second-order valence-corrected chi connectivity index (χ2v) is 7.12. The monoisotopic (exact) mass is 362 g/mol. The lowest BCUT2D eigenvalue weighted by Gasteiger charge is -2.25. The first kappa shape index (κ1) is 17.3. The third-order valence-electron chi connectivity index (χ3n) is 4.86. The Labute approximate surface area is 157 Å². The molecule has 4 rings (SSSR count). The molecule has 0 bridgehead atoms. The molecule has 138 valence electrons. The number of pyridine rings is 1. The number of fused-ring (bicyclic) bond motifs is 1. The topological polar surface area (TPSA) is 96.5 Å². The summed E-state index contributed by atoms with van der Waals surface area (Å²) >= 11 is 0. The molecule has 2 N–H and O–H groups in total. The van der Waals surface area contributed by atoms with E-state index < -0.39 is 0 Å². The predicted octanol–water partition coefficient (Wildman–Crippen LogP) is 3.19. The standard InChI is InChI=1S/C20H22N6O/c1-12(2)17-9-18(26-25-17)20(27)24-16-7-3-6-15-14(16)11-22-19(23-15)13-5-4-8-21-10-13/h4-5,8-12,16H,3,6-7H2,1-2H3,(H,24,27)(H,25,26)/t16-/m1/s1. The Bertz CT molecular complexity index is 950. The van der Waals surface area contributed by atoms with Crippen LogP contribution < -0.4 is 5.32 Å². The lowest BCUT2D eigenvalue weighted by atomic mass is 9.92. The summed E-state index contributed by atoms with van der Waals surface area (Å²) in [4.78, 5) is 25.9. The molecule has 0 saturated heterocycles. The van der Waals surface area contributed by atoms with E-state index in [1.165, 1.54) is 0 Å². The molecule has 7 heteroatoms. The van der Waals surface area contributed by atoms with Crippen molar-refractivity contribution in [2.75, 3.05) is 0 Å². The largest absolute Gasteiger partial charge is 0.344 e. The quantitative estimate of drug-likeness (QED) is 0.743. The maximum absolute atomic E-state index is 12.6. The van der Waals surface area contributed by atoms with Crippen LogP contribution >= 0.6 is 0 Å². The molecule has 3 heterocycles. The van der Waals surface area contributed by atoms with Crippen LogP contribution in [0.2, 0.25) is 0 Å². The molecular weight excluding hydrogens is 340 g/mol. The van der Waals surface area contributed by atoms with Gasteiger partial charge in [-0.15, -0.1) is 0 Å². The highest BCUT2D eigenvalue weighted by atomic mass is 16.2. The van der Waals surface area contributed by atoms with Gasteiger partial charge in [0.1, 0.15) is 5.69 Å². The molecule has 1 amide bonds. The molecule has 3 aromatic heterocycles. The van der Waals surface area contributed by atoms with Crippen LogP contribution in [0.1, 0.15) is 66.1 Å². The van der Waals surface area contributed by atoms with E-state index in [1.54, 1.807) is 12.4 Å². The molecule has 0 radical (unpaired) electrons. The minimum atomic E-state index is -0.174. The van der Waals surface area contributed by atoms with Gasteiger partial charge in [-0.05, 0) is 43.4 Å². The van der Waals surface area contributed by atoms with Gasteiger partial charge >= 0.3 is 0 Å². The highest BCUT2D eigenvalue weighted by molar-refractivity contribution is 5.92. The van der Waals surface area contributed by atoms with E-state index in [1.807, 2.05) is 24.4 Å². The molecule has 1 aliphatic carbocycles. The van der Waals surface area contributed by atoms with Crippen LogP contribution in [0.5, 0.6) is 0 Å². The Balaban J connectivity index is 1.55. The summed E-state index contributed by atoms with van der Waals surface area (Å²) in [6.45, 7) is 4.12. The highest BCUT2D eigenvalue weighted by Gasteiger charge is 2.25. The van der Waals surface area contributed by atoms with E-state index in [9.17, 15) is 4.79 Å². The Morgan fingerprint density at radius 3 is 2.96 bits per heavy atom. The van der Waals surface area contributed by atoms with E-state index in [0.717, 1.165) is 41.8 Å². The van der Waals surface area contributed by atoms with Gasteiger partial charge in [0.25, 0.3) is 5.91 Å². The normalized spacial score (nSPS) is 16.2. The lowest BCUT2D eigenvalue weighted by Crippen LogP contribution is -2.31. The summed E-state index contributed by atoms with van der Waals surface area (Å²) in [6, 6.07) is 5.53. The first-order chi connectivity index (χ1) is 13.1. The van der Waals surface area contributed by atoms with Crippen molar-refractivity contribution < 1.29 is 4.79 Å². The number of hydrogen-bond acceptors (Lipinski definition) is 5. The number of hydrogen-bond donors (Lipinski definition) is 2. The van der Waals surface area contributed by atoms with E-state index in [0.29, 0.717) is 17.4 Å². The number of carbonyl (C=O) groups is 1. The van der Waals surface area contributed by atoms with Crippen molar-refractivity contribution >= 4 is 5.91 Å². The molecule has 7 nitrogen and oxygen atoms in total. The Morgan fingerprint density at radius 2 is 2.22 bits per heavy atom. The number of rotatable bonds is 4. The van der Waals surface area contributed by atoms with Crippen LogP contribution in [0.15, 0.2) is 36.8 Å². The van der Waals surface area contributed by atoms with Crippen LogP contribution in [-0.4, -0.2) is 31.1 Å². The molecule has 1 atom stereocenters. The van der Waals surface area contributed by atoms with Crippen LogP contribution in [-0.2, 0) is 6.42 Å². The summed E-state index contributed by atoms with van der Waals surface area (Å²) in [5.41, 5.74) is 4.24. The second kappa shape index (κ2) is 7.26. The van der Waals surface area contributed by atoms with Gasteiger partial charge in [-0.25, -0.2) is 9.97 Å². The molecule has 0 unspecified atom stereocenters. The fourth-order valence-corrected chi connectivity index (χ4v) is 3.31. The number of nitrogens with zero attached hydrogens (tertiary/aromatic N) is 4. The third-order valence-corrected chi connectivity index (χ3v) is 4.86. The summed E-state index contributed by atoms with van der Waals surface area (Å²) in [5, 5.41) is 10.2. The molecular formula is C20H22N6O. The van der Waals surface area contributed by atoms with Gasteiger partial charge in [0.2, 0.25) is 0 Å². The smallest absolute Gasteiger partial charge is 0.272 e. The van der Waals surface area contributed by atoms with E-state index >= 15 is 0 Å². The zero-order valence-electron chi connectivity index (χ0n) is 15.4. The molecule has 0 fully saturated rings.